The van der Waals surface area contributed by atoms with Gasteiger partial charge in [-0.3, -0.25) is 9.59 Å². The van der Waals surface area contributed by atoms with Crippen LogP contribution in [-0.2, 0) is 6.18 Å². The lowest BCUT2D eigenvalue weighted by Gasteiger charge is -2.38. The van der Waals surface area contributed by atoms with Crippen LogP contribution in [0.15, 0.2) is 41.6 Å². The highest BCUT2D eigenvalue weighted by Crippen LogP contribution is 2.36. The van der Waals surface area contributed by atoms with Crippen molar-refractivity contribution in [2.24, 2.45) is 0 Å². The van der Waals surface area contributed by atoms with Gasteiger partial charge >= 0.3 is 6.18 Å². The zero-order chi connectivity index (χ0) is 29.2. The summed E-state index contributed by atoms with van der Waals surface area (Å²) in [4.78, 5) is 39.4. The molecule has 0 spiro atoms. The number of alkyl halides is 3. The summed E-state index contributed by atoms with van der Waals surface area (Å²) in [5.74, 6) is -1.24. The predicted octanol–water partition coefficient (Wildman–Crippen LogP) is 4.27. The van der Waals surface area contributed by atoms with Crippen molar-refractivity contribution in [3.63, 3.8) is 0 Å². The van der Waals surface area contributed by atoms with Crippen molar-refractivity contribution >= 4 is 23.2 Å². The quantitative estimate of drug-likeness (QED) is 0.370. The molecule has 1 aliphatic rings. The monoisotopic (exact) mass is 561 g/mol. The Balaban J connectivity index is 1.79. The van der Waals surface area contributed by atoms with Gasteiger partial charge in [0.2, 0.25) is 11.5 Å². The molecule has 1 aliphatic heterocycles. The summed E-state index contributed by atoms with van der Waals surface area (Å²) in [5, 5.41) is 5.90. The second kappa shape index (κ2) is 11.6. The van der Waals surface area contributed by atoms with Crippen LogP contribution in [0.4, 0.5) is 34.9 Å². The number of H-pyrrole nitrogens is 1. The SMILES string of the molecule is CCN(CC)c1ncc(-c2cc(NC(=O)c3c[nH]c(=O)cc3C(F)(F)F)c(N3C[C@@H](C)N[C@@H](C)C3)cc2F)cn1. The molecule has 2 aromatic heterocycles. The summed E-state index contributed by atoms with van der Waals surface area (Å²) in [5.41, 5.74) is -2.31. The Morgan fingerprint density at radius 3 is 2.30 bits per heavy atom. The number of aromatic nitrogens is 3. The van der Waals surface area contributed by atoms with E-state index in [1.54, 1.807) is 0 Å². The molecular weight excluding hydrogens is 530 g/mol. The van der Waals surface area contributed by atoms with E-state index in [0.717, 1.165) is 6.20 Å². The van der Waals surface area contributed by atoms with E-state index >= 15 is 4.39 Å². The van der Waals surface area contributed by atoms with Crippen molar-refractivity contribution in [3.8, 4) is 11.1 Å². The molecule has 3 heterocycles. The summed E-state index contributed by atoms with van der Waals surface area (Å²) in [6.45, 7) is 10.1. The third-order valence-corrected chi connectivity index (χ3v) is 6.70. The first-order valence-corrected chi connectivity index (χ1v) is 12.9. The zero-order valence-corrected chi connectivity index (χ0v) is 22.6. The lowest BCUT2D eigenvalue weighted by molar-refractivity contribution is -0.138. The molecule has 4 rings (SSSR count). The van der Waals surface area contributed by atoms with Gasteiger partial charge in [0.15, 0.2) is 0 Å². The molecular formula is C27H31F4N7O2. The smallest absolute Gasteiger partial charge is 0.367 e. The summed E-state index contributed by atoms with van der Waals surface area (Å²) >= 11 is 0. The lowest BCUT2D eigenvalue weighted by atomic mass is 10.0. The fraction of sp³-hybridized carbons (Fsp3) is 0.407. The Morgan fingerprint density at radius 2 is 1.73 bits per heavy atom. The van der Waals surface area contributed by atoms with Crippen LogP contribution in [0.25, 0.3) is 11.1 Å². The molecule has 2 atom stereocenters. The minimum Gasteiger partial charge on any atom is -0.367 e. The van der Waals surface area contributed by atoms with Crippen molar-refractivity contribution in [3.05, 3.63) is 64.1 Å². The van der Waals surface area contributed by atoms with Crippen molar-refractivity contribution in [1.82, 2.24) is 20.3 Å². The van der Waals surface area contributed by atoms with Gasteiger partial charge < -0.3 is 25.4 Å². The first-order valence-electron chi connectivity index (χ1n) is 12.9. The number of carbonyl (C=O) groups is 1. The van der Waals surface area contributed by atoms with Crippen LogP contribution in [0.2, 0.25) is 0 Å². The zero-order valence-electron chi connectivity index (χ0n) is 22.6. The number of halogens is 4. The van der Waals surface area contributed by atoms with Crippen LogP contribution in [0, 0.1) is 5.82 Å². The largest absolute Gasteiger partial charge is 0.417 e. The molecule has 0 bridgehead atoms. The number of anilines is 3. The Bertz CT molecular complexity index is 1410. The van der Waals surface area contributed by atoms with Crippen molar-refractivity contribution in [1.29, 1.82) is 0 Å². The molecule has 0 unspecified atom stereocenters. The fourth-order valence-corrected chi connectivity index (χ4v) is 4.88. The highest BCUT2D eigenvalue weighted by atomic mass is 19.4. The number of nitrogens with zero attached hydrogens (tertiary/aromatic N) is 4. The molecule has 3 N–H and O–H groups in total. The Labute approximate surface area is 228 Å². The first kappa shape index (κ1) is 29.0. The minimum atomic E-state index is -4.94. The third kappa shape index (κ3) is 6.24. The van der Waals surface area contributed by atoms with Gasteiger partial charge in [-0.15, -0.1) is 0 Å². The number of hydrogen-bond acceptors (Lipinski definition) is 7. The molecule has 1 fully saturated rings. The number of amides is 1. The van der Waals surface area contributed by atoms with Gasteiger partial charge in [-0.1, -0.05) is 0 Å². The molecule has 1 aromatic carbocycles. The summed E-state index contributed by atoms with van der Waals surface area (Å²) in [6.07, 6.45) is -1.30. The molecule has 0 saturated carbocycles. The van der Waals surface area contributed by atoms with Crippen LogP contribution in [0.1, 0.15) is 43.6 Å². The van der Waals surface area contributed by atoms with E-state index < -0.39 is 34.6 Å². The molecule has 3 aromatic rings. The summed E-state index contributed by atoms with van der Waals surface area (Å²) < 4.78 is 56.5. The number of pyridine rings is 1. The number of piperazine rings is 1. The van der Waals surface area contributed by atoms with Gasteiger partial charge in [0.1, 0.15) is 5.82 Å². The fourth-order valence-electron chi connectivity index (χ4n) is 4.88. The van der Waals surface area contributed by atoms with Crippen LogP contribution < -0.4 is 26.0 Å². The lowest BCUT2D eigenvalue weighted by Crippen LogP contribution is -2.54. The van der Waals surface area contributed by atoms with Crippen LogP contribution in [-0.4, -0.2) is 59.1 Å². The average Bonchev–Trinajstić information content (AvgIpc) is 2.89. The topological polar surface area (TPSA) is 106 Å². The predicted molar refractivity (Wildman–Crippen MR) is 145 cm³/mol. The summed E-state index contributed by atoms with van der Waals surface area (Å²) in [7, 11) is 0. The van der Waals surface area contributed by atoms with Gasteiger partial charge in [0.05, 0.1) is 22.5 Å². The van der Waals surface area contributed by atoms with Gasteiger partial charge in [-0.05, 0) is 39.8 Å². The molecule has 9 nitrogen and oxygen atoms in total. The molecule has 0 radical (unpaired) electrons. The van der Waals surface area contributed by atoms with E-state index in [0.29, 0.717) is 49.4 Å². The van der Waals surface area contributed by atoms with Gasteiger partial charge in [0, 0.05) is 74.0 Å². The first-order chi connectivity index (χ1) is 18.9. The van der Waals surface area contributed by atoms with E-state index in [1.807, 2.05) is 37.5 Å². The summed E-state index contributed by atoms with van der Waals surface area (Å²) in [6, 6.07) is 3.03. The van der Waals surface area contributed by atoms with Crippen LogP contribution in [0.3, 0.4) is 0 Å². The van der Waals surface area contributed by atoms with E-state index in [-0.39, 0.29) is 23.3 Å². The normalized spacial score (nSPS) is 17.6. The number of nitrogens with one attached hydrogen (secondary N) is 3. The number of carbonyl (C=O) groups excluding carboxylic acids is 1. The molecule has 1 saturated heterocycles. The van der Waals surface area contributed by atoms with Crippen molar-refractivity contribution < 1.29 is 22.4 Å². The minimum absolute atomic E-state index is 0.0343. The number of benzene rings is 1. The van der Waals surface area contributed by atoms with Gasteiger partial charge in [-0.25, -0.2) is 14.4 Å². The third-order valence-electron chi connectivity index (χ3n) is 6.70. The van der Waals surface area contributed by atoms with E-state index in [4.69, 9.17) is 0 Å². The van der Waals surface area contributed by atoms with E-state index in [2.05, 4.69) is 25.6 Å². The maximum atomic E-state index is 15.6. The van der Waals surface area contributed by atoms with Crippen LogP contribution in [0.5, 0.6) is 0 Å². The highest BCUT2D eigenvalue weighted by molar-refractivity contribution is 6.07. The Hall–Kier alpha value is -4.00. The molecule has 40 heavy (non-hydrogen) atoms. The number of hydrogen-bond donors (Lipinski definition) is 3. The second-order valence-electron chi connectivity index (χ2n) is 9.74. The molecule has 0 aliphatic carbocycles. The van der Waals surface area contributed by atoms with Crippen molar-refractivity contribution in [2.75, 3.05) is 41.3 Å². The Morgan fingerprint density at radius 1 is 1.10 bits per heavy atom. The molecule has 214 valence electrons. The highest BCUT2D eigenvalue weighted by Gasteiger charge is 2.36. The standard InChI is InChI=1S/C27H31F4N7O2/c1-5-37(6-2)26-33-10-17(11-34-26)18-7-22(23(9-21(18)28)38-13-15(3)35-16(4)14-38)36-25(40)19-12-32-24(39)8-20(19)27(29,30)31/h7-12,15-16,35H,5-6,13-14H2,1-4H3,(H,32,39)(H,36,40)/t15-,16+. The van der Waals surface area contributed by atoms with Gasteiger partial charge in [0.25, 0.3) is 5.91 Å². The van der Waals surface area contributed by atoms with Crippen molar-refractivity contribution in [2.45, 2.75) is 46.0 Å². The number of rotatable bonds is 7. The van der Waals surface area contributed by atoms with E-state index in [9.17, 15) is 22.8 Å². The number of aromatic amines is 1. The van der Waals surface area contributed by atoms with Crippen LogP contribution >= 0.6 is 0 Å². The molecule has 1 amide bonds. The Kier molecular flexibility index (Phi) is 8.43. The maximum Gasteiger partial charge on any atom is 0.417 e. The second-order valence-corrected chi connectivity index (χ2v) is 9.74. The van der Waals surface area contributed by atoms with Gasteiger partial charge in [-0.2, -0.15) is 13.2 Å². The maximum absolute atomic E-state index is 15.6. The average molecular weight is 562 g/mol. The van der Waals surface area contributed by atoms with E-state index in [1.165, 1.54) is 24.5 Å². The molecule has 13 heteroatoms.